The fraction of sp³-hybridized carbons (Fsp3) is 1.00. The number of nitrogens with zero attached hydrogens (tertiary/aromatic N) is 1. The topological polar surface area (TPSA) is 24.5 Å². The van der Waals surface area contributed by atoms with Crippen LogP contribution in [0, 0.1) is 5.92 Å². The quantitative estimate of drug-likeness (QED) is 0.780. The van der Waals surface area contributed by atoms with Crippen molar-refractivity contribution in [1.82, 2.24) is 10.2 Å². The van der Waals surface area contributed by atoms with Gasteiger partial charge in [0.15, 0.2) is 0 Å². The van der Waals surface area contributed by atoms with Crippen molar-refractivity contribution in [2.45, 2.75) is 50.3 Å². The van der Waals surface area contributed by atoms with Crippen LogP contribution in [0.4, 0.5) is 0 Å². The van der Waals surface area contributed by atoms with Crippen LogP contribution < -0.4 is 5.32 Å². The summed E-state index contributed by atoms with van der Waals surface area (Å²) in [5, 5.41) is 3.43. The first-order valence-electron chi connectivity index (χ1n) is 6.91. The Kier molecular flexibility index (Phi) is 3.18. The maximum atomic E-state index is 5.95. The minimum absolute atomic E-state index is 0.565. The van der Waals surface area contributed by atoms with Gasteiger partial charge in [-0.3, -0.25) is 4.90 Å². The number of piperidine rings is 1. The zero-order valence-corrected chi connectivity index (χ0v) is 10.3. The molecular formula is C13H24N2O. The molecule has 0 aromatic heterocycles. The van der Waals surface area contributed by atoms with E-state index in [0.717, 1.165) is 18.6 Å². The van der Waals surface area contributed by atoms with Gasteiger partial charge >= 0.3 is 0 Å². The van der Waals surface area contributed by atoms with Gasteiger partial charge in [0.1, 0.15) is 0 Å². The Bertz CT molecular complexity index is 242. The molecule has 0 aromatic carbocycles. The van der Waals surface area contributed by atoms with Crippen LogP contribution in [0.1, 0.15) is 32.1 Å². The molecule has 1 N–H and O–H groups in total. The van der Waals surface area contributed by atoms with E-state index in [9.17, 15) is 0 Å². The highest BCUT2D eigenvalue weighted by atomic mass is 16.5. The van der Waals surface area contributed by atoms with Crippen LogP contribution >= 0.6 is 0 Å². The van der Waals surface area contributed by atoms with Crippen LogP contribution in [-0.4, -0.2) is 49.8 Å². The Balaban J connectivity index is 1.62. The molecular weight excluding hydrogens is 200 g/mol. The Labute approximate surface area is 98.5 Å². The van der Waals surface area contributed by atoms with Crippen molar-refractivity contribution < 1.29 is 4.74 Å². The highest BCUT2D eigenvalue weighted by Crippen LogP contribution is 2.40. The fourth-order valence-corrected chi connectivity index (χ4v) is 3.41. The second-order valence-electron chi connectivity index (χ2n) is 5.65. The molecule has 0 bridgehead atoms. The summed E-state index contributed by atoms with van der Waals surface area (Å²) in [6.07, 6.45) is 7.33. The molecule has 2 saturated heterocycles. The van der Waals surface area contributed by atoms with E-state index in [0.29, 0.717) is 12.1 Å². The summed E-state index contributed by atoms with van der Waals surface area (Å²) in [6.45, 7) is 3.51. The lowest BCUT2D eigenvalue weighted by Gasteiger charge is -2.38. The van der Waals surface area contributed by atoms with Crippen LogP contribution in [0.5, 0.6) is 0 Å². The summed E-state index contributed by atoms with van der Waals surface area (Å²) < 4.78 is 5.95. The molecule has 2 aliphatic heterocycles. The molecule has 3 nitrogen and oxygen atoms in total. The second-order valence-corrected chi connectivity index (χ2v) is 5.65. The molecule has 16 heavy (non-hydrogen) atoms. The molecule has 0 spiro atoms. The lowest BCUT2D eigenvalue weighted by atomic mass is 9.99. The molecule has 1 aliphatic carbocycles. The van der Waals surface area contributed by atoms with Gasteiger partial charge in [0, 0.05) is 25.2 Å². The van der Waals surface area contributed by atoms with Crippen molar-refractivity contribution in [1.29, 1.82) is 0 Å². The number of rotatable bonds is 3. The normalized spacial score (nSPS) is 41.4. The summed E-state index contributed by atoms with van der Waals surface area (Å²) in [7, 11) is 2.09. The van der Waals surface area contributed by atoms with Gasteiger partial charge in [-0.2, -0.15) is 0 Å². The molecule has 2 heterocycles. The Hall–Kier alpha value is -0.120. The van der Waals surface area contributed by atoms with Crippen molar-refractivity contribution in [3.8, 4) is 0 Å². The van der Waals surface area contributed by atoms with Gasteiger partial charge in [-0.15, -0.1) is 0 Å². The van der Waals surface area contributed by atoms with E-state index in [1.54, 1.807) is 0 Å². The van der Waals surface area contributed by atoms with Gasteiger partial charge in [-0.25, -0.2) is 0 Å². The number of ether oxygens (including phenoxy) is 1. The van der Waals surface area contributed by atoms with Gasteiger partial charge in [-0.1, -0.05) is 0 Å². The molecule has 1 saturated carbocycles. The zero-order chi connectivity index (χ0) is 11.0. The molecule has 3 aliphatic rings. The minimum atomic E-state index is 0.565. The standard InChI is InChI=1S/C13H24N2O/c1-14-11-3-2-7-15(9-11)12-6-8-16-13(12)10-4-5-10/h10-14H,2-9H2,1H3. The average molecular weight is 224 g/mol. The van der Waals surface area contributed by atoms with Crippen LogP contribution in [0.25, 0.3) is 0 Å². The number of likely N-dealkylation sites (N-methyl/N-ethyl adjacent to an activating group) is 1. The minimum Gasteiger partial charge on any atom is -0.376 e. The Morgan fingerprint density at radius 2 is 2.06 bits per heavy atom. The van der Waals surface area contributed by atoms with E-state index in [-0.39, 0.29) is 0 Å². The Morgan fingerprint density at radius 3 is 2.81 bits per heavy atom. The summed E-state index contributed by atoms with van der Waals surface area (Å²) in [6, 6.07) is 1.43. The van der Waals surface area contributed by atoms with E-state index in [1.807, 2.05) is 0 Å². The fourth-order valence-electron chi connectivity index (χ4n) is 3.41. The van der Waals surface area contributed by atoms with Crippen molar-refractivity contribution in [3.63, 3.8) is 0 Å². The number of nitrogens with one attached hydrogen (secondary N) is 1. The maximum Gasteiger partial charge on any atom is 0.0759 e. The summed E-state index contributed by atoms with van der Waals surface area (Å²) >= 11 is 0. The average Bonchev–Trinajstić information content (AvgIpc) is 3.07. The van der Waals surface area contributed by atoms with E-state index in [1.165, 1.54) is 45.2 Å². The van der Waals surface area contributed by atoms with Gasteiger partial charge in [0.05, 0.1) is 6.10 Å². The molecule has 92 valence electrons. The third-order valence-corrected chi connectivity index (χ3v) is 4.52. The molecule has 0 radical (unpaired) electrons. The Morgan fingerprint density at radius 1 is 1.19 bits per heavy atom. The summed E-state index contributed by atoms with van der Waals surface area (Å²) in [5.74, 6) is 0.891. The van der Waals surface area contributed by atoms with E-state index < -0.39 is 0 Å². The van der Waals surface area contributed by atoms with Crippen LogP contribution in [0.2, 0.25) is 0 Å². The van der Waals surface area contributed by atoms with Crippen molar-refractivity contribution in [2.24, 2.45) is 5.92 Å². The van der Waals surface area contributed by atoms with Crippen LogP contribution in [0.15, 0.2) is 0 Å². The third-order valence-electron chi connectivity index (χ3n) is 4.52. The first-order chi connectivity index (χ1) is 7.88. The lowest BCUT2D eigenvalue weighted by Crippen LogP contribution is -2.51. The molecule has 3 rings (SSSR count). The number of likely N-dealkylation sites (tertiary alicyclic amines) is 1. The third kappa shape index (κ3) is 2.13. The highest BCUT2D eigenvalue weighted by Gasteiger charge is 2.43. The van der Waals surface area contributed by atoms with E-state index >= 15 is 0 Å². The first kappa shape index (κ1) is 11.0. The summed E-state index contributed by atoms with van der Waals surface area (Å²) in [5.41, 5.74) is 0. The summed E-state index contributed by atoms with van der Waals surface area (Å²) in [4.78, 5) is 2.70. The monoisotopic (exact) mass is 224 g/mol. The van der Waals surface area contributed by atoms with Gasteiger partial charge in [0.25, 0.3) is 0 Å². The SMILES string of the molecule is CNC1CCCN(C2CCOC2C2CC2)C1. The van der Waals surface area contributed by atoms with Crippen molar-refractivity contribution in [2.75, 3.05) is 26.7 Å². The van der Waals surface area contributed by atoms with E-state index in [2.05, 4.69) is 17.3 Å². The smallest absolute Gasteiger partial charge is 0.0759 e. The molecule has 0 amide bonds. The largest absolute Gasteiger partial charge is 0.376 e. The second kappa shape index (κ2) is 4.63. The van der Waals surface area contributed by atoms with Gasteiger partial charge < -0.3 is 10.1 Å². The first-order valence-corrected chi connectivity index (χ1v) is 6.91. The van der Waals surface area contributed by atoms with Crippen LogP contribution in [0.3, 0.4) is 0 Å². The van der Waals surface area contributed by atoms with E-state index in [4.69, 9.17) is 4.74 Å². The van der Waals surface area contributed by atoms with Crippen molar-refractivity contribution >= 4 is 0 Å². The molecule has 3 unspecified atom stereocenters. The van der Waals surface area contributed by atoms with Crippen molar-refractivity contribution in [3.05, 3.63) is 0 Å². The predicted octanol–water partition coefficient (Wildman–Crippen LogP) is 1.24. The van der Waals surface area contributed by atoms with Gasteiger partial charge in [0.2, 0.25) is 0 Å². The predicted molar refractivity (Wildman–Crippen MR) is 64.5 cm³/mol. The van der Waals surface area contributed by atoms with Crippen LogP contribution in [-0.2, 0) is 4.74 Å². The number of hydrogen-bond acceptors (Lipinski definition) is 3. The number of hydrogen-bond donors (Lipinski definition) is 1. The molecule has 3 heteroatoms. The van der Waals surface area contributed by atoms with Gasteiger partial charge in [-0.05, 0) is 51.6 Å². The highest BCUT2D eigenvalue weighted by molar-refractivity contribution is 4.96. The molecule has 3 fully saturated rings. The maximum absolute atomic E-state index is 5.95. The molecule has 3 atom stereocenters. The zero-order valence-electron chi connectivity index (χ0n) is 10.3. The molecule has 0 aromatic rings. The lowest BCUT2D eigenvalue weighted by molar-refractivity contribution is 0.0344.